The van der Waals surface area contributed by atoms with Gasteiger partial charge in [-0.2, -0.15) is 15.0 Å². The molecule has 1 aromatic rings. The molecule has 2 N–H and O–H groups in total. The summed E-state index contributed by atoms with van der Waals surface area (Å²) in [6, 6.07) is 0. The van der Waals surface area contributed by atoms with Crippen LogP contribution in [0.1, 0.15) is 13.8 Å². The number of carbonyl (C=O) groups excluding carboxylic acids is 1. The minimum absolute atomic E-state index is 0.00989. The second kappa shape index (κ2) is 7.46. The van der Waals surface area contributed by atoms with Gasteiger partial charge >= 0.3 is 0 Å². The fourth-order valence-corrected chi connectivity index (χ4v) is 1.35. The highest BCUT2D eigenvalue weighted by molar-refractivity contribution is 5.80. The smallest absolute Gasteiger partial charge is 0.241 e. The molecule has 1 aromatic heterocycles. The fraction of sp³-hybridized carbons (Fsp3) is 0.667. The standard InChI is InChI=1S/C12H23N7O/c1-6-13-10-15-11(17-12(16-10)18(3)4)14-8-9(20)19(5)7-2/h6-8H2,1-5H3,(H2,13,14,15,16,17). The summed E-state index contributed by atoms with van der Waals surface area (Å²) in [5.41, 5.74) is 0. The van der Waals surface area contributed by atoms with E-state index in [0.717, 1.165) is 0 Å². The molecule has 0 bridgehead atoms. The third-order valence-corrected chi connectivity index (χ3v) is 2.66. The zero-order valence-electron chi connectivity index (χ0n) is 12.8. The number of nitrogens with zero attached hydrogens (tertiary/aromatic N) is 5. The van der Waals surface area contributed by atoms with Crippen LogP contribution in [-0.2, 0) is 4.79 Å². The van der Waals surface area contributed by atoms with Gasteiger partial charge in [-0.3, -0.25) is 4.79 Å². The average Bonchev–Trinajstić information content (AvgIpc) is 2.43. The number of rotatable bonds is 7. The summed E-state index contributed by atoms with van der Waals surface area (Å²) < 4.78 is 0. The molecule has 1 rings (SSSR count). The van der Waals surface area contributed by atoms with Crippen LogP contribution in [0.4, 0.5) is 17.8 Å². The van der Waals surface area contributed by atoms with Crippen molar-refractivity contribution in [2.75, 3.05) is 56.3 Å². The molecule has 0 aliphatic carbocycles. The molecule has 1 heterocycles. The maximum atomic E-state index is 11.7. The molecule has 0 radical (unpaired) electrons. The second-order valence-corrected chi connectivity index (χ2v) is 4.47. The van der Waals surface area contributed by atoms with Crippen molar-refractivity contribution in [1.82, 2.24) is 19.9 Å². The highest BCUT2D eigenvalue weighted by Crippen LogP contribution is 2.11. The molecule has 0 aliphatic heterocycles. The zero-order chi connectivity index (χ0) is 15.1. The number of carbonyl (C=O) groups is 1. The van der Waals surface area contributed by atoms with Gasteiger partial charge in [0.25, 0.3) is 0 Å². The number of hydrogen-bond donors (Lipinski definition) is 2. The molecule has 0 unspecified atom stereocenters. The summed E-state index contributed by atoms with van der Waals surface area (Å²) in [6.45, 7) is 5.43. The quantitative estimate of drug-likeness (QED) is 0.741. The van der Waals surface area contributed by atoms with Crippen LogP contribution in [0.25, 0.3) is 0 Å². The predicted molar refractivity (Wildman–Crippen MR) is 80.1 cm³/mol. The fourth-order valence-electron chi connectivity index (χ4n) is 1.35. The molecule has 8 nitrogen and oxygen atoms in total. The number of anilines is 3. The van der Waals surface area contributed by atoms with Crippen molar-refractivity contribution in [1.29, 1.82) is 0 Å². The van der Waals surface area contributed by atoms with Gasteiger partial charge in [-0.15, -0.1) is 0 Å². The minimum atomic E-state index is -0.00989. The number of aromatic nitrogens is 3. The first-order valence-corrected chi connectivity index (χ1v) is 6.63. The highest BCUT2D eigenvalue weighted by atomic mass is 16.2. The molecule has 8 heteroatoms. The molecule has 1 amide bonds. The maximum absolute atomic E-state index is 11.7. The Morgan fingerprint density at radius 3 is 2.15 bits per heavy atom. The van der Waals surface area contributed by atoms with Crippen LogP contribution in [0.3, 0.4) is 0 Å². The zero-order valence-corrected chi connectivity index (χ0v) is 12.8. The van der Waals surface area contributed by atoms with Gasteiger partial charge in [0.2, 0.25) is 23.8 Å². The average molecular weight is 281 g/mol. The van der Waals surface area contributed by atoms with Crippen LogP contribution in [0, 0.1) is 0 Å². The van der Waals surface area contributed by atoms with E-state index in [9.17, 15) is 4.79 Å². The van der Waals surface area contributed by atoms with Gasteiger partial charge in [-0.1, -0.05) is 0 Å². The first-order valence-electron chi connectivity index (χ1n) is 6.63. The summed E-state index contributed by atoms with van der Waals surface area (Å²) in [5, 5.41) is 5.97. The third kappa shape index (κ3) is 4.52. The molecular formula is C12H23N7O. The lowest BCUT2D eigenvalue weighted by molar-refractivity contribution is -0.127. The molecule has 0 atom stereocenters. The Labute approximate surface area is 119 Å². The van der Waals surface area contributed by atoms with Crippen LogP contribution >= 0.6 is 0 Å². The molecule has 0 aromatic carbocycles. The van der Waals surface area contributed by atoms with E-state index >= 15 is 0 Å². The van der Waals surface area contributed by atoms with E-state index in [1.54, 1.807) is 16.8 Å². The Balaban J connectivity index is 2.80. The summed E-state index contributed by atoms with van der Waals surface area (Å²) in [5.74, 6) is 1.40. The van der Waals surface area contributed by atoms with Crippen molar-refractivity contribution in [3.05, 3.63) is 0 Å². The Morgan fingerprint density at radius 2 is 1.65 bits per heavy atom. The maximum Gasteiger partial charge on any atom is 0.241 e. The Hall–Kier alpha value is -2.12. The molecule has 0 aliphatic rings. The number of amides is 1. The van der Waals surface area contributed by atoms with Gasteiger partial charge in [0.15, 0.2) is 0 Å². The van der Waals surface area contributed by atoms with Gasteiger partial charge in [-0.05, 0) is 13.8 Å². The summed E-state index contributed by atoms with van der Waals surface area (Å²) in [4.78, 5) is 27.9. The molecule has 0 spiro atoms. The van der Waals surface area contributed by atoms with Crippen molar-refractivity contribution in [3.8, 4) is 0 Å². The number of nitrogens with one attached hydrogen (secondary N) is 2. The largest absolute Gasteiger partial charge is 0.354 e. The highest BCUT2D eigenvalue weighted by Gasteiger charge is 2.10. The van der Waals surface area contributed by atoms with Gasteiger partial charge in [0.1, 0.15) is 0 Å². The Bertz CT molecular complexity index is 449. The molecular weight excluding hydrogens is 258 g/mol. The van der Waals surface area contributed by atoms with Crippen LogP contribution in [0.15, 0.2) is 0 Å². The van der Waals surface area contributed by atoms with Crippen LogP contribution < -0.4 is 15.5 Å². The van der Waals surface area contributed by atoms with Crippen molar-refractivity contribution in [2.45, 2.75) is 13.8 Å². The lowest BCUT2D eigenvalue weighted by Crippen LogP contribution is -2.32. The SMILES string of the molecule is CCNc1nc(NCC(=O)N(C)CC)nc(N(C)C)n1. The Kier molecular flexibility index (Phi) is 5.95. The van der Waals surface area contributed by atoms with E-state index in [2.05, 4.69) is 25.6 Å². The topological polar surface area (TPSA) is 86.3 Å². The van der Waals surface area contributed by atoms with Crippen LogP contribution in [-0.4, -0.2) is 66.5 Å². The summed E-state index contributed by atoms with van der Waals surface area (Å²) in [6.07, 6.45) is 0. The number of likely N-dealkylation sites (N-methyl/N-ethyl adjacent to an activating group) is 1. The predicted octanol–water partition coefficient (Wildman–Crippen LogP) is 0.260. The second-order valence-electron chi connectivity index (χ2n) is 4.47. The monoisotopic (exact) mass is 281 g/mol. The molecule has 112 valence electrons. The number of hydrogen-bond acceptors (Lipinski definition) is 7. The van der Waals surface area contributed by atoms with E-state index in [1.165, 1.54) is 0 Å². The van der Waals surface area contributed by atoms with E-state index in [0.29, 0.717) is 30.9 Å². The van der Waals surface area contributed by atoms with Crippen molar-refractivity contribution >= 4 is 23.8 Å². The Morgan fingerprint density at radius 1 is 1.05 bits per heavy atom. The van der Waals surface area contributed by atoms with Gasteiger partial charge in [-0.25, -0.2) is 0 Å². The first-order chi connectivity index (χ1) is 9.47. The molecule has 0 saturated carbocycles. The van der Waals surface area contributed by atoms with Crippen LogP contribution in [0.2, 0.25) is 0 Å². The minimum Gasteiger partial charge on any atom is -0.354 e. The van der Waals surface area contributed by atoms with E-state index in [-0.39, 0.29) is 12.5 Å². The summed E-state index contributed by atoms with van der Waals surface area (Å²) >= 11 is 0. The van der Waals surface area contributed by atoms with Gasteiger partial charge in [0.05, 0.1) is 6.54 Å². The lowest BCUT2D eigenvalue weighted by atomic mass is 10.5. The van der Waals surface area contributed by atoms with Crippen molar-refractivity contribution < 1.29 is 4.79 Å². The van der Waals surface area contributed by atoms with Gasteiger partial charge in [0, 0.05) is 34.2 Å². The van der Waals surface area contributed by atoms with Crippen LogP contribution in [0.5, 0.6) is 0 Å². The summed E-state index contributed by atoms with van der Waals surface area (Å²) in [7, 11) is 5.46. The molecule has 20 heavy (non-hydrogen) atoms. The van der Waals surface area contributed by atoms with E-state index in [1.807, 2.05) is 27.9 Å². The van der Waals surface area contributed by atoms with Gasteiger partial charge < -0.3 is 20.4 Å². The van der Waals surface area contributed by atoms with Crippen molar-refractivity contribution in [3.63, 3.8) is 0 Å². The van der Waals surface area contributed by atoms with E-state index < -0.39 is 0 Å². The molecule has 0 saturated heterocycles. The molecule has 0 fully saturated rings. The normalized spacial score (nSPS) is 10.1. The first kappa shape index (κ1) is 15.9. The lowest BCUT2D eigenvalue weighted by Gasteiger charge is -2.16. The van der Waals surface area contributed by atoms with Crippen molar-refractivity contribution in [2.24, 2.45) is 0 Å². The third-order valence-electron chi connectivity index (χ3n) is 2.66. The van der Waals surface area contributed by atoms with E-state index in [4.69, 9.17) is 0 Å².